The van der Waals surface area contributed by atoms with E-state index in [0.29, 0.717) is 5.82 Å². The first-order chi connectivity index (χ1) is 9.66. The molecule has 0 saturated heterocycles. The van der Waals surface area contributed by atoms with Gasteiger partial charge in [0.15, 0.2) is 5.82 Å². The SMILES string of the molecule is O=C(O)c1ccc(F)c(-n2nnnc2C2CCCC2)c1. The number of hydrogen-bond donors (Lipinski definition) is 1. The van der Waals surface area contributed by atoms with Gasteiger partial charge in [-0.05, 0) is 41.5 Å². The molecule has 20 heavy (non-hydrogen) atoms. The van der Waals surface area contributed by atoms with E-state index in [9.17, 15) is 9.18 Å². The smallest absolute Gasteiger partial charge is 0.335 e. The Bertz CT molecular complexity index is 650. The number of tetrazole rings is 1. The number of aromatic carboxylic acids is 1. The van der Waals surface area contributed by atoms with Gasteiger partial charge in [0.2, 0.25) is 0 Å². The highest BCUT2D eigenvalue weighted by Gasteiger charge is 2.25. The van der Waals surface area contributed by atoms with Crippen LogP contribution in [0.5, 0.6) is 0 Å². The Morgan fingerprint density at radius 3 is 2.80 bits per heavy atom. The fraction of sp³-hybridized carbons (Fsp3) is 0.385. The minimum atomic E-state index is -1.11. The molecule has 1 fully saturated rings. The highest BCUT2D eigenvalue weighted by molar-refractivity contribution is 5.88. The van der Waals surface area contributed by atoms with E-state index in [1.807, 2.05) is 0 Å². The molecule has 0 amide bonds. The van der Waals surface area contributed by atoms with Crippen molar-refractivity contribution in [3.63, 3.8) is 0 Å². The van der Waals surface area contributed by atoms with Crippen LogP contribution in [-0.4, -0.2) is 31.3 Å². The molecule has 1 aromatic carbocycles. The van der Waals surface area contributed by atoms with Crippen molar-refractivity contribution in [2.24, 2.45) is 0 Å². The van der Waals surface area contributed by atoms with Gasteiger partial charge in [-0.2, -0.15) is 4.68 Å². The summed E-state index contributed by atoms with van der Waals surface area (Å²) in [7, 11) is 0. The normalized spacial score (nSPS) is 15.7. The zero-order chi connectivity index (χ0) is 14.1. The largest absolute Gasteiger partial charge is 0.478 e. The van der Waals surface area contributed by atoms with Crippen molar-refractivity contribution in [1.29, 1.82) is 0 Å². The molecule has 1 saturated carbocycles. The molecule has 104 valence electrons. The van der Waals surface area contributed by atoms with Crippen LogP contribution in [0, 0.1) is 5.82 Å². The topological polar surface area (TPSA) is 80.9 Å². The van der Waals surface area contributed by atoms with E-state index in [-0.39, 0.29) is 17.2 Å². The number of halogens is 1. The lowest BCUT2D eigenvalue weighted by Crippen LogP contribution is -2.10. The monoisotopic (exact) mass is 276 g/mol. The zero-order valence-electron chi connectivity index (χ0n) is 10.7. The first-order valence-corrected chi connectivity index (χ1v) is 6.48. The first-order valence-electron chi connectivity index (χ1n) is 6.48. The van der Waals surface area contributed by atoms with Crippen LogP contribution in [0.3, 0.4) is 0 Å². The number of aromatic nitrogens is 4. The summed E-state index contributed by atoms with van der Waals surface area (Å²) in [5.41, 5.74) is 0.0890. The van der Waals surface area contributed by atoms with E-state index in [0.717, 1.165) is 31.7 Å². The number of nitrogens with zero attached hydrogens (tertiary/aromatic N) is 4. The third kappa shape index (κ3) is 2.15. The van der Waals surface area contributed by atoms with Crippen LogP contribution in [0.15, 0.2) is 18.2 Å². The standard InChI is InChI=1S/C13H13FN4O2/c14-10-6-5-9(13(19)20)7-11(10)18-12(15-16-17-18)8-3-1-2-4-8/h5-8H,1-4H2,(H,19,20). The molecular formula is C13H13FN4O2. The minimum absolute atomic E-state index is 0.00859. The molecule has 6 nitrogen and oxygen atoms in total. The number of hydrogen-bond acceptors (Lipinski definition) is 4. The van der Waals surface area contributed by atoms with Gasteiger partial charge in [-0.25, -0.2) is 9.18 Å². The molecule has 1 N–H and O–H groups in total. The molecule has 0 atom stereocenters. The Kier molecular flexibility index (Phi) is 3.17. The van der Waals surface area contributed by atoms with Gasteiger partial charge in [-0.15, -0.1) is 5.10 Å². The molecule has 1 aliphatic rings. The average Bonchev–Trinajstić information content (AvgIpc) is 3.09. The summed E-state index contributed by atoms with van der Waals surface area (Å²) in [5.74, 6) is -0.842. The van der Waals surface area contributed by atoms with E-state index in [4.69, 9.17) is 5.11 Å². The fourth-order valence-electron chi connectivity index (χ4n) is 2.61. The van der Waals surface area contributed by atoms with Crippen LogP contribution in [0.1, 0.15) is 47.8 Å². The van der Waals surface area contributed by atoms with Gasteiger partial charge in [0, 0.05) is 5.92 Å². The predicted molar refractivity (Wildman–Crippen MR) is 67.3 cm³/mol. The van der Waals surface area contributed by atoms with Crippen molar-refractivity contribution < 1.29 is 14.3 Å². The molecule has 0 aliphatic heterocycles. The average molecular weight is 276 g/mol. The minimum Gasteiger partial charge on any atom is -0.478 e. The summed E-state index contributed by atoms with van der Waals surface area (Å²) in [6, 6.07) is 3.60. The Balaban J connectivity index is 2.07. The molecule has 2 aromatic rings. The highest BCUT2D eigenvalue weighted by atomic mass is 19.1. The van der Waals surface area contributed by atoms with Crippen LogP contribution >= 0.6 is 0 Å². The maximum atomic E-state index is 14.0. The van der Waals surface area contributed by atoms with E-state index in [2.05, 4.69) is 15.5 Å². The van der Waals surface area contributed by atoms with Crippen molar-refractivity contribution in [2.45, 2.75) is 31.6 Å². The van der Waals surface area contributed by atoms with Gasteiger partial charge in [-0.1, -0.05) is 12.8 Å². The lowest BCUT2D eigenvalue weighted by atomic mass is 10.1. The van der Waals surface area contributed by atoms with Crippen molar-refractivity contribution in [1.82, 2.24) is 20.2 Å². The van der Waals surface area contributed by atoms with Crippen LogP contribution in [-0.2, 0) is 0 Å². The summed E-state index contributed by atoms with van der Waals surface area (Å²) in [6.07, 6.45) is 4.16. The molecule has 1 aliphatic carbocycles. The fourth-order valence-corrected chi connectivity index (χ4v) is 2.61. The maximum absolute atomic E-state index is 14.0. The molecule has 7 heteroatoms. The summed E-state index contributed by atoms with van der Waals surface area (Å²) in [4.78, 5) is 11.0. The molecule has 0 radical (unpaired) electrons. The lowest BCUT2D eigenvalue weighted by molar-refractivity contribution is 0.0697. The van der Waals surface area contributed by atoms with Gasteiger partial charge in [0.1, 0.15) is 11.5 Å². The molecule has 0 unspecified atom stereocenters. The molecule has 3 rings (SSSR count). The second-order valence-corrected chi connectivity index (χ2v) is 4.90. The second kappa shape index (κ2) is 4.99. The molecule has 0 bridgehead atoms. The van der Waals surface area contributed by atoms with E-state index >= 15 is 0 Å². The van der Waals surface area contributed by atoms with Crippen molar-refractivity contribution in [3.05, 3.63) is 35.4 Å². The van der Waals surface area contributed by atoms with Crippen LogP contribution in [0.25, 0.3) is 5.69 Å². The van der Waals surface area contributed by atoms with E-state index < -0.39 is 11.8 Å². The van der Waals surface area contributed by atoms with Crippen LogP contribution in [0.4, 0.5) is 4.39 Å². The van der Waals surface area contributed by atoms with Crippen LogP contribution < -0.4 is 0 Å². The number of carboxylic acid groups (broad SMARTS) is 1. The second-order valence-electron chi connectivity index (χ2n) is 4.90. The Morgan fingerprint density at radius 2 is 2.10 bits per heavy atom. The van der Waals surface area contributed by atoms with Gasteiger partial charge in [0.25, 0.3) is 0 Å². The molecule has 1 aromatic heterocycles. The number of benzene rings is 1. The van der Waals surface area contributed by atoms with E-state index in [1.54, 1.807) is 0 Å². The third-order valence-electron chi connectivity index (χ3n) is 3.64. The predicted octanol–water partition coefficient (Wildman–Crippen LogP) is 2.16. The Hall–Kier alpha value is -2.31. The number of carboxylic acids is 1. The number of rotatable bonds is 3. The first kappa shape index (κ1) is 12.7. The van der Waals surface area contributed by atoms with Crippen LogP contribution in [0.2, 0.25) is 0 Å². The van der Waals surface area contributed by atoms with Gasteiger partial charge < -0.3 is 5.11 Å². The maximum Gasteiger partial charge on any atom is 0.335 e. The Labute approximate surface area is 114 Å². The zero-order valence-corrected chi connectivity index (χ0v) is 10.7. The van der Waals surface area contributed by atoms with Crippen molar-refractivity contribution in [2.75, 3.05) is 0 Å². The summed E-state index contributed by atoms with van der Waals surface area (Å²) >= 11 is 0. The molecule has 1 heterocycles. The third-order valence-corrected chi connectivity index (χ3v) is 3.64. The van der Waals surface area contributed by atoms with Gasteiger partial charge in [-0.3, -0.25) is 0 Å². The van der Waals surface area contributed by atoms with Gasteiger partial charge >= 0.3 is 5.97 Å². The highest BCUT2D eigenvalue weighted by Crippen LogP contribution is 2.33. The van der Waals surface area contributed by atoms with Crippen molar-refractivity contribution >= 4 is 5.97 Å². The Morgan fingerprint density at radius 1 is 1.35 bits per heavy atom. The van der Waals surface area contributed by atoms with Crippen molar-refractivity contribution in [3.8, 4) is 5.69 Å². The molecular weight excluding hydrogens is 263 g/mol. The quantitative estimate of drug-likeness (QED) is 0.929. The van der Waals surface area contributed by atoms with Gasteiger partial charge in [0.05, 0.1) is 5.56 Å². The van der Waals surface area contributed by atoms with E-state index in [1.165, 1.54) is 16.8 Å². The lowest BCUT2D eigenvalue weighted by Gasteiger charge is -2.10. The summed E-state index contributed by atoms with van der Waals surface area (Å²) in [6.45, 7) is 0. The summed E-state index contributed by atoms with van der Waals surface area (Å²) in [5, 5.41) is 20.4. The number of carbonyl (C=O) groups is 1. The molecule has 0 spiro atoms. The summed E-state index contributed by atoms with van der Waals surface area (Å²) < 4.78 is 15.3.